The smallest absolute Gasteiger partial charge is 0.292 e. The second-order valence-corrected chi connectivity index (χ2v) is 4.74. The number of aryl methyl sites for hydroxylation is 1. The van der Waals surface area contributed by atoms with E-state index in [0.29, 0.717) is 6.47 Å². The average Bonchev–Trinajstić information content (AvgIpc) is 2.81. The van der Waals surface area contributed by atoms with Gasteiger partial charge in [0, 0.05) is 6.20 Å². The van der Waals surface area contributed by atoms with Gasteiger partial charge in [0.1, 0.15) is 4.60 Å². The topological polar surface area (TPSA) is 59.4 Å². The summed E-state index contributed by atoms with van der Waals surface area (Å²) in [6, 6.07) is 3.94. The van der Waals surface area contributed by atoms with Crippen LogP contribution in [0.2, 0.25) is 0 Å². The van der Waals surface area contributed by atoms with Crippen LogP contribution in [0.1, 0.15) is 31.2 Å². The van der Waals surface area contributed by atoms with Gasteiger partial charge in [-0.3, -0.25) is 4.79 Å². The first-order valence-corrected chi connectivity index (χ1v) is 6.62. The number of aliphatic hydroxyl groups is 1. The van der Waals surface area contributed by atoms with Gasteiger partial charge in [-0.1, -0.05) is 12.8 Å². The summed E-state index contributed by atoms with van der Waals surface area (Å²) in [5.41, 5.74) is 1.23. The standard InChI is InChI=1S/C6H6BrN.C5H10O.C2H4O2/c1-5-2-3-8-6(7)4-5;6-5-3-1-2-4-5;1-4-2-3/h2-4H,1H3;5-6H,1-4H2;2H,1H3. The van der Waals surface area contributed by atoms with Gasteiger partial charge in [0.2, 0.25) is 0 Å². The lowest BCUT2D eigenvalue weighted by Crippen LogP contribution is -1.94. The number of methoxy groups -OCH3 is 1. The third kappa shape index (κ3) is 10.2. The molecule has 1 saturated carbocycles. The Bertz CT molecular complexity index is 311. The molecule has 5 heteroatoms. The number of pyridine rings is 1. The van der Waals surface area contributed by atoms with E-state index in [-0.39, 0.29) is 6.10 Å². The predicted octanol–water partition coefficient (Wildman–Crippen LogP) is 2.86. The van der Waals surface area contributed by atoms with E-state index in [1.165, 1.54) is 25.5 Å². The van der Waals surface area contributed by atoms with Crippen molar-refractivity contribution in [2.75, 3.05) is 7.11 Å². The highest BCUT2D eigenvalue weighted by molar-refractivity contribution is 9.10. The number of halogens is 1. The van der Waals surface area contributed by atoms with E-state index in [4.69, 9.17) is 9.90 Å². The number of carbonyl (C=O) groups excluding carboxylic acids is 1. The predicted molar refractivity (Wildman–Crippen MR) is 74.2 cm³/mol. The zero-order valence-electron chi connectivity index (χ0n) is 10.8. The number of rotatable bonds is 1. The zero-order valence-corrected chi connectivity index (χ0v) is 12.4. The molecule has 102 valence electrons. The molecule has 0 amide bonds. The monoisotopic (exact) mass is 317 g/mol. The second kappa shape index (κ2) is 11.2. The van der Waals surface area contributed by atoms with Gasteiger partial charge in [-0.25, -0.2) is 4.98 Å². The molecule has 18 heavy (non-hydrogen) atoms. The van der Waals surface area contributed by atoms with Crippen LogP contribution in [0.3, 0.4) is 0 Å². The molecule has 1 aromatic heterocycles. The van der Waals surface area contributed by atoms with Gasteiger partial charge in [-0.2, -0.15) is 0 Å². The number of aliphatic hydroxyl groups excluding tert-OH is 1. The molecule has 0 spiro atoms. The van der Waals surface area contributed by atoms with Gasteiger partial charge in [0.15, 0.2) is 0 Å². The molecule has 1 heterocycles. The fourth-order valence-corrected chi connectivity index (χ4v) is 1.88. The van der Waals surface area contributed by atoms with Gasteiger partial charge < -0.3 is 9.84 Å². The van der Waals surface area contributed by atoms with E-state index in [2.05, 4.69) is 25.7 Å². The molecular formula is C13H20BrNO3. The zero-order chi connectivity index (χ0) is 13.8. The van der Waals surface area contributed by atoms with Crippen LogP contribution in [-0.4, -0.2) is 29.8 Å². The molecule has 4 nitrogen and oxygen atoms in total. The highest BCUT2D eigenvalue weighted by Crippen LogP contribution is 2.16. The highest BCUT2D eigenvalue weighted by atomic mass is 79.9. The maximum atomic E-state index is 8.95. The molecule has 0 radical (unpaired) electrons. The number of hydrogen-bond acceptors (Lipinski definition) is 4. The Balaban J connectivity index is 0.000000257. The lowest BCUT2D eigenvalue weighted by molar-refractivity contribution is -0.126. The van der Waals surface area contributed by atoms with Crippen LogP contribution in [-0.2, 0) is 9.53 Å². The Labute approximate surface area is 117 Å². The Hall–Kier alpha value is -0.940. The van der Waals surface area contributed by atoms with Crippen LogP contribution in [0.4, 0.5) is 0 Å². The van der Waals surface area contributed by atoms with Crippen molar-refractivity contribution in [3.63, 3.8) is 0 Å². The first-order chi connectivity index (χ1) is 8.60. The highest BCUT2D eigenvalue weighted by Gasteiger charge is 2.09. The molecule has 1 fully saturated rings. The van der Waals surface area contributed by atoms with E-state index in [1.54, 1.807) is 6.20 Å². The van der Waals surface area contributed by atoms with Gasteiger partial charge in [-0.15, -0.1) is 0 Å². The van der Waals surface area contributed by atoms with Gasteiger partial charge in [0.05, 0.1) is 13.2 Å². The maximum absolute atomic E-state index is 8.95. The molecule has 1 aliphatic rings. The summed E-state index contributed by atoms with van der Waals surface area (Å²) < 4.78 is 4.76. The van der Waals surface area contributed by atoms with Crippen LogP contribution in [0.25, 0.3) is 0 Å². The van der Waals surface area contributed by atoms with Crippen molar-refractivity contribution >= 4 is 22.4 Å². The molecule has 0 saturated heterocycles. The Kier molecular flexibility index (Phi) is 10.6. The summed E-state index contributed by atoms with van der Waals surface area (Å²) in [6.45, 7) is 2.41. The number of aromatic nitrogens is 1. The summed E-state index contributed by atoms with van der Waals surface area (Å²) in [7, 11) is 1.31. The average molecular weight is 318 g/mol. The molecule has 0 bridgehead atoms. The first kappa shape index (κ1) is 17.1. The molecule has 0 aromatic carbocycles. The third-order valence-corrected chi connectivity index (χ3v) is 2.74. The number of hydrogen-bond donors (Lipinski definition) is 1. The maximum Gasteiger partial charge on any atom is 0.292 e. The molecule has 1 aliphatic carbocycles. The number of ether oxygens (including phenoxy) is 1. The Morgan fingerprint density at radius 2 is 2.06 bits per heavy atom. The van der Waals surface area contributed by atoms with Crippen molar-refractivity contribution in [2.45, 2.75) is 38.7 Å². The van der Waals surface area contributed by atoms with E-state index >= 15 is 0 Å². The first-order valence-electron chi connectivity index (χ1n) is 5.82. The largest absolute Gasteiger partial charge is 0.471 e. The summed E-state index contributed by atoms with van der Waals surface area (Å²) >= 11 is 3.25. The minimum atomic E-state index is 0.0463. The third-order valence-electron chi connectivity index (χ3n) is 2.30. The fraction of sp³-hybridized carbons (Fsp3) is 0.538. The van der Waals surface area contributed by atoms with Crippen LogP contribution in [0.5, 0.6) is 0 Å². The van der Waals surface area contributed by atoms with E-state index in [9.17, 15) is 0 Å². The summed E-state index contributed by atoms with van der Waals surface area (Å²) in [5, 5.41) is 8.73. The summed E-state index contributed by atoms with van der Waals surface area (Å²) in [4.78, 5) is 12.9. The summed E-state index contributed by atoms with van der Waals surface area (Å²) in [5.74, 6) is 0. The van der Waals surface area contributed by atoms with Crippen LogP contribution in [0.15, 0.2) is 22.9 Å². The molecule has 1 N–H and O–H groups in total. The molecule has 1 aromatic rings. The SMILES string of the molecule is COC=O.Cc1ccnc(Br)c1.OC1CCCC1. The minimum Gasteiger partial charge on any atom is -0.471 e. The van der Waals surface area contributed by atoms with Crippen molar-refractivity contribution in [1.82, 2.24) is 4.98 Å². The Morgan fingerprint density at radius 3 is 2.28 bits per heavy atom. The van der Waals surface area contributed by atoms with Crippen molar-refractivity contribution in [2.24, 2.45) is 0 Å². The van der Waals surface area contributed by atoms with E-state index < -0.39 is 0 Å². The van der Waals surface area contributed by atoms with Gasteiger partial charge in [-0.05, 0) is 53.4 Å². The van der Waals surface area contributed by atoms with E-state index in [0.717, 1.165) is 17.4 Å². The van der Waals surface area contributed by atoms with Crippen LogP contribution >= 0.6 is 15.9 Å². The minimum absolute atomic E-state index is 0.0463. The molecular weight excluding hydrogens is 298 g/mol. The molecule has 0 aliphatic heterocycles. The molecule has 2 rings (SSSR count). The summed E-state index contributed by atoms with van der Waals surface area (Å²) in [6.07, 6.45) is 6.38. The number of nitrogens with zero attached hydrogens (tertiary/aromatic N) is 1. The number of carbonyl (C=O) groups is 1. The van der Waals surface area contributed by atoms with E-state index in [1.807, 2.05) is 19.1 Å². The lowest BCUT2D eigenvalue weighted by atomic mass is 10.3. The normalized spacial score (nSPS) is 13.8. The van der Waals surface area contributed by atoms with Crippen molar-refractivity contribution in [3.8, 4) is 0 Å². The van der Waals surface area contributed by atoms with Crippen molar-refractivity contribution in [3.05, 3.63) is 28.5 Å². The lowest BCUT2D eigenvalue weighted by Gasteiger charge is -1.91. The van der Waals surface area contributed by atoms with Gasteiger partial charge in [0.25, 0.3) is 6.47 Å². The van der Waals surface area contributed by atoms with Gasteiger partial charge >= 0.3 is 0 Å². The molecule has 0 atom stereocenters. The van der Waals surface area contributed by atoms with Crippen molar-refractivity contribution < 1.29 is 14.6 Å². The quantitative estimate of drug-likeness (QED) is 0.639. The Morgan fingerprint density at radius 1 is 1.50 bits per heavy atom. The fourth-order valence-electron chi connectivity index (χ4n) is 1.40. The second-order valence-electron chi connectivity index (χ2n) is 3.93. The van der Waals surface area contributed by atoms with Crippen LogP contribution in [0, 0.1) is 6.92 Å². The van der Waals surface area contributed by atoms with Crippen LogP contribution < -0.4 is 0 Å². The van der Waals surface area contributed by atoms with Crippen molar-refractivity contribution in [1.29, 1.82) is 0 Å². The molecule has 0 unspecified atom stereocenters.